The number of imidazole rings is 1. The van der Waals surface area contributed by atoms with E-state index in [1.165, 1.54) is 12.1 Å². The van der Waals surface area contributed by atoms with E-state index in [1.54, 1.807) is 17.7 Å². The maximum absolute atomic E-state index is 12.6. The fourth-order valence-corrected chi connectivity index (χ4v) is 4.30. The third-order valence-electron chi connectivity index (χ3n) is 5.85. The summed E-state index contributed by atoms with van der Waals surface area (Å²) in [7, 11) is 1.55. The van der Waals surface area contributed by atoms with Crippen molar-refractivity contribution in [3.63, 3.8) is 0 Å². The minimum Gasteiger partial charge on any atom is -0.493 e. The minimum atomic E-state index is -1.02. The standard InChI is InChI=1S/C23H26FN3O5/c1-31-20-5-2-15(12-21(20)32-11-8-24)14-26-9-6-17(7-10-26)27-19-4-3-16(22(28)29)13-18(19)25-23(27)30/h2-5,12-13,17H,6-11,14H2,1H3,(H,25,30)(H,28,29). The number of likely N-dealkylation sites (tertiary alicyclic amines) is 1. The second-order valence-corrected chi connectivity index (χ2v) is 7.87. The first kappa shape index (κ1) is 21.9. The monoisotopic (exact) mass is 443 g/mol. The number of piperidine rings is 1. The van der Waals surface area contributed by atoms with E-state index in [0.29, 0.717) is 23.6 Å². The lowest BCUT2D eigenvalue weighted by Crippen LogP contribution is -2.36. The van der Waals surface area contributed by atoms with Crippen molar-refractivity contribution >= 4 is 17.0 Å². The first-order chi connectivity index (χ1) is 15.5. The lowest BCUT2D eigenvalue weighted by molar-refractivity contribution is 0.0697. The summed E-state index contributed by atoms with van der Waals surface area (Å²) < 4.78 is 25.0. The van der Waals surface area contributed by atoms with Gasteiger partial charge in [0.05, 0.1) is 23.7 Å². The Morgan fingerprint density at radius 3 is 2.66 bits per heavy atom. The van der Waals surface area contributed by atoms with Crippen molar-refractivity contribution in [2.75, 3.05) is 33.5 Å². The van der Waals surface area contributed by atoms with Crippen LogP contribution in [0.15, 0.2) is 41.2 Å². The Balaban J connectivity index is 1.44. The minimum absolute atomic E-state index is 0.0153. The van der Waals surface area contributed by atoms with Crippen LogP contribution in [0.5, 0.6) is 11.5 Å². The van der Waals surface area contributed by atoms with Crippen LogP contribution in [-0.4, -0.2) is 59.0 Å². The molecule has 8 nitrogen and oxygen atoms in total. The Morgan fingerprint density at radius 1 is 1.19 bits per heavy atom. The number of carbonyl (C=O) groups is 1. The summed E-state index contributed by atoms with van der Waals surface area (Å²) in [6.45, 7) is 1.76. The maximum atomic E-state index is 12.6. The van der Waals surface area contributed by atoms with Gasteiger partial charge in [-0.1, -0.05) is 6.07 Å². The fourth-order valence-electron chi connectivity index (χ4n) is 4.30. The van der Waals surface area contributed by atoms with Gasteiger partial charge in [0, 0.05) is 25.7 Å². The average Bonchev–Trinajstić information content (AvgIpc) is 3.13. The number of aromatic nitrogens is 2. The number of hydrogen-bond donors (Lipinski definition) is 2. The van der Waals surface area contributed by atoms with Crippen molar-refractivity contribution in [1.82, 2.24) is 14.5 Å². The Morgan fingerprint density at radius 2 is 1.97 bits per heavy atom. The number of benzene rings is 2. The zero-order valence-electron chi connectivity index (χ0n) is 17.8. The molecule has 1 fully saturated rings. The topological polar surface area (TPSA) is 96.8 Å². The first-order valence-corrected chi connectivity index (χ1v) is 10.6. The van der Waals surface area contributed by atoms with E-state index >= 15 is 0 Å². The van der Waals surface area contributed by atoms with Crippen LogP contribution in [0.1, 0.15) is 34.8 Å². The first-order valence-electron chi connectivity index (χ1n) is 10.6. The molecular weight excluding hydrogens is 417 g/mol. The summed E-state index contributed by atoms with van der Waals surface area (Å²) in [5.74, 6) is 0.0832. The molecule has 0 bridgehead atoms. The average molecular weight is 443 g/mol. The van der Waals surface area contributed by atoms with Crippen LogP contribution in [-0.2, 0) is 6.54 Å². The molecule has 2 N–H and O–H groups in total. The molecule has 32 heavy (non-hydrogen) atoms. The van der Waals surface area contributed by atoms with Crippen molar-refractivity contribution in [1.29, 1.82) is 0 Å². The van der Waals surface area contributed by atoms with E-state index < -0.39 is 12.6 Å². The Hall–Kier alpha value is -3.33. The summed E-state index contributed by atoms with van der Waals surface area (Å²) in [6, 6.07) is 10.4. The van der Waals surface area contributed by atoms with Crippen molar-refractivity contribution < 1.29 is 23.8 Å². The van der Waals surface area contributed by atoms with Gasteiger partial charge in [-0.05, 0) is 48.7 Å². The highest BCUT2D eigenvalue weighted by Crippen LogP contribution is 2.30. The predicted molar refractivity (Wildman–Crippen MR) is 118 cm³/mol. The molecule has 1 saturated heterocycles. The molecule has 9 heteroatoms. The summed E-state index contributed by atoms with van der Waals surface area (Å²) in [6.07, 6.45) is 1.60. The number of rotatable bonds is 8. The highest BCUT2D eigenvalue weighted by atomic mass is 19.1. The second-order valence-electron chi connectivity index (χ2n) is 7.87. The Bertz CT molecular complexity index is 1160. The third kappa shape index (κ3) is 4.47. The number of fused-ring (bicyclic) bond motifs is 1. The number of alkyl halides is 1. The summed E-state index contributed by atoms with van der Waals surface area (Å²) in [4.78, 5) is 28.9. The summed E-state index contributed by atoms with van der Waals surface area (Å²) in [5.41, 5.74) is 2.24. The molecular formula is C23H26FN3O5. The lowest BCUT2D eigenvalue weighted by atomic mass is 10.0. The number of nitrogens with zero attached hydrogens (tertiary/aromatic N) is 2. The van der Waals surface area contributed by atoms with Gasteiger partial charge in [0.1, 0.15) is 13.3 Å². The van der Waals surface area contributed by atoms with E-state index in [2.05, 4.69) is 9.88 Å². The molecule has 2 heterocycles. The highest BCUT2D eigenvalue weighted by Gasteiger charge is 2.24. The fraction of sp³-hybridized carbons (Fsp3) is 0.391. The van der Waals surface area contributed by atoms with E-state index in [4.69, 9.17) is 9.47 Å². The molecule has 1 aliphatic rings. The van der Waals surface area contributed by atoms with Crippen LogP contribution in [0, 0.1) is 0 Å². The van der Waals surface area contributed by atoms with E-state index in [0.717, 1.165) is 37.0 Å². The number of hydrogen-bond acceptors (Lipinski definition) is 5. The number of carboxylic acid groups (broad SMARTS) is 1. The quantitative estimate of drug-likeness (QED) is 0.555. The van der Waals surface area contributed by atoms with Crippen LogP contribution in [0.3, 0.4) is 0 Å². The van der Waals surface area contributed by atoms with Crippen LogP contribution in [0.4, 0.5) is 4.39 Å². The molecule has 3 aromatic rings. The van der Waals surface area contributed by atoms with Gasteiger partial charge in [-0.15, -0.1) is 0 Å². The zero-order chi connectivity index (χ0) is 22.7. The normalized spacial score (nSPS) is 15.2. The molecule has 4 rings (SSSR count). The van der Waals surface area contributed by atoms with E-state index in [-0.39, 0.29) is 23.9 Å². The number of methoxy groups -OCH3 is 1. The van der Waals surface area contributed by atoms with E-state index in [9.17, 15) is 19.1 Å². The van der Waals surface area contributed by atoms with Gasteiger partial charge in [-0.25, -0.2) is 14.0 Å². The van der Waals surface area contributed by atoms with Gasteiger partial charge in [-0.2, -0.15) is 0 Å². The predicted octanol–water partition coefficient (Wildman–Crippen LogP) is 3.22. The Kier molecular flexibility index (Phi) is 6.45. The molecule has 0 amide bonds. The molecule has 1 aromatic heterocycles. The van der Waals surface area contributed by atoms with Crippen molar-refractivity contribution in [2.24, 2.45) is 0 Å². The number of aromatic carboxylic acids is 1. The Labute approximate surface area is 184 Å². The smallest absolute Gasteiger partial charge is 0.335 e. The van der Waals surface area contributed by atoms with Crippen molar-refractivity contribution in [3.05, 3.63) is 58.0 Å². The molecule has 1 aliphatic heterocycles. The molecule has 2 aromatic carbocycles. The number of carboxylic acids is 1. The van der Waals surface area contributed by atoms with Crippen molar-refractivity contribution in [3.8, 4) is 11.5 Å². The third-order valence-corrected chi connectivity index (χ3v) is 5.85. The van der Waals surface area contributed by atoms with Gasteiger partial charge in [0.25, 0.3) is 0 Å². The molecule has 0 spiro atoms. The molecule has 0 unspecified atom stereocenters. The molecule has 0 radical (unpaired) electrons. The van der Waals surface area contributed by atoms with E-state index in [1.807, 2.05) is 18.2 Å². The van der Waals surface area contributed by atoms with Crippen molar-refractivity contribution in [2.45, 2.75) is 25.4 Å². The van der Waals surface area contributed by atoms with Crippen LogP contribution in [0.25, 0.3) is 11.0 Å². The van der Waals surface area contributed by atoms with Gasteiger partial charge in [0.15, 0.2) is 11.5 Å². The van der Waals surface area contributed by atoms with Gasteiger partial charge in [0.2, 0.25) is 0 Å². The number of ether oxygens (including phenoxy) is 2. The SMILES string of the molecule is COc1ccc(CN2CCC(n3c(=O)[nH]c4cc(C(=O)O)ccc43)CC2)cc1OCCF. The zero-order valence-corrected chi connectivity index (χ0v) is 17.8. The van der Waals surface area contributed by atoms with Gasteiger partial charge >= 0.3 is 11.7 Å². The lowest BCUT2D eigenvalue weighted by Gasteiger charge is -2.32. The highest BCUT2D eigenvalue weighted by molar-refractivity contribution is 5.92. The summed E-state index contributed by atoms with van der Waals surface area (Å²) >= 11 is 0. The van der Waals surface area contributed by atoms with Crippen LogP contribution < -0.4 is 15.2 Å². The summed E-state index contributed by atoms with van der Waals surface area (Å²) in [5, 5.41) is 9.17. The number of nitrogens with one attached hydrogen (secondary N) is 1. The number of halogens is 1. The van der Waals surface area contributed by atoms with Crippen LogP contribution >= 0.6 is 0 Å². The van der Waals surface area contributed by atoms with Gasteiger partial charge < -0.3 is 19.6 Å². The van der Waals surface area contributed by atoms with Gasteiger partial charge in [-0.3, -0.25) is 9.47 Å². The molecule has 0 atom stereocenters. The second kappa shape index (κ2) is 9.44. The van der Waals surface area contributed by atoms with Crippen LogP contribution in [0.2, 0.25) is 0 Å². The number of aromatic amines is 1. The maximum Gasteiger partial charge on any atom is 0.335 e. The molecule has 170 valence electrons. The molecule has 0 aliphatic carbocycles. The molecule has 0 saturated carbocycles. The number of H-pyrrole nitrogens is 1. The largest absolute Gasteiger partial charge is 0.493 e.